The van der Waals surface area contributed by atoms with Gasteiger partial charge in [-0.1, -0.05) is 54.1 Å². The van der Waals surface area contributed by atoms with Crippen LogP contribution in [0.1, 0.15) is 25.3 Å². The van der Waals surface area contributed by atoms with Gasteiger partial charge in [-0.25, -0.2) is 0 Å². The number of halogens is 1. The third-order valence-corrected chi connectivity index (χ3v) is 5.56. The summed E-state index contributed by atoms with van der Waals surface area (Å²) in [5.74, 6) is 1.06. The number of benzene rings is 1. The van der Waals surface area contributed by atoms with Gasteiger partial charge in [0.15, 0.2) is 0 Å². The Bertz CT molecular complexity index is 727. The topological polar surface area (TPSA) is 55.4 Å². The van der Waals surface area contributed by atoms with Crippen LogP contribution in [0.15, 0.2) is 47.7 Å². The van der Waals surface area contributed by atoms with Crippen LogP contribution in [0.5, 0.6) is 0 Å². The zero-order valence-electron chi connectivity index (χ0n) is 14.0. The summed E-state index contributed by atoms with van der Waals surface area (Å²) in [6.45, 7) is 2.74. The summed E-state index contributed by atoms with van der Waals surface area (Å²) in [6.07, 6.45) is 6.31. The number of nitrogens with one attached hydrogen (secondary N) is 1. The molecule has 2 amide bonds. The maximum atomic E-state index is 11.7. The Hall–Kier alpha value is -1.72. The minimum atomic E-state index is -0.299. The van der Waals surface area contributed by atoms with E-state index >= 15 is 0 Å². The van der Waals surface area contributed by atoms with Gasteiger partial charge in [0.25, 0.3) is 5.24 Å². The number of carbonyl (C=O) groups excluding carboxylic acids is 2. The van der Waals surface area contributed by atoms with Crippen LogP contribution in [0.3, 0.4) is 0 Å². The molecule has 3 rings (SSSR count). The summed E-state index contributed by atoms with van der Waals surface area (Å²) in [4.78, 5) is 22.9. The molecule has 0 aromatic heterocycles. The number of hydrogen-bond donors (Lipinski definition) is 1. The van der Waals surface area contributed by atoms with Crippen LogP contribution in [0, 0.1) is 5.92 Å². The van der Waals surface area contributed by atoms with E-state index in [0.29, 0.717) is 13.0 Å². The third-order valence-electron chi connectivity index (χ3n) is 4.32. The second kappa shape index (κ2) is 8.11. The molecule has 0 bridgehead atoms. The van der Waals surface area contributed by atoms with E-state index in [-0.39, 0.29) is 22.3 Å². The SMILES string of the molecule is CC1CC(CC2SC(=O)NC2=O)=CC=C1OCCc1ccc(Cl)cc1. The zero-order chi connectivity index (χ0) is 17.8. The van der Waals surface area contributed by atoms with Crippen molar-refractivity contribution in [3.8, 4) is 0 Å². The summed E-state index contributed by atoms with van der Waals surface area (Å²) >= 11 is 6.97. The molecule has 25 heavy (non-hydrogen) atoms. The number of hydrogen-bond acceptors (Lipinski definition) is 4. The molecule has 2 aliphatic rings. The predicted molar refractivity (Wildman–Crippen MR) is 101 cm³/mol. The Morgan fingerprint density at radius 1 is 1.24 bits per heavy atom. The highest BCUT2D eigenvalue weighted by atomic mass is 35.5. The first-order valence-electron chi connectivity index (χ1n) is 8.29. The van der Waals surface area contributed by atoms with Crippen LogP contribution in [-0.2, 0) is 16.0 Å². The fourth-order valence-electron chi connectivity index (χ4n) is 2.97. The fourth-order valence-corrected chi connectivity index (χ4v) is 3.98. The van der Waals surface area contributed by atoms with E-state index in [0.717, 1.165) is 35.4 Å². The van der Waals surface area contributed by atoms with Gasteiger partial charge in [0.2, 0.25) is 5.91 Å². The van der Waals surface area contributed by atoms with Crippen molar-refractivity contribution < 1.29 is 14.3 Å². The molecule has 1 aromatic rings. The van der Waals surface area contributed by atoms with Crippen LogP contribution in [-0.4, -0.2) is 23.0 Å². The molecule has 0 radical (unpaired) electrons. The van der Waals surface area contributed by atoms with Gasteiger partial charge in [-0.2, -0.15) is 0 Å². The average Bonchev–Trinajstić information content (AvgIpc) is 2.89. The lowest BCUT2D eigenvalue weighted by Crippen LogP contribution is -2.24. The molecule has 0 spiro atoms. The number of imide groups is 1. The summed E-state index contributed by atoms with van der Waals surface area (Å²) in [7, 11) is 0. The molecule has 2 atom stereocenters. The number of rotatable bonds is 6. The van der Waals surface area contributed by atoms with Gasteiger partial charge in [-0.15, -0.1) is 0 Å². The van der Waals surface area contributed by atoms with E-state index in [1.165, 1.54) is 11.1 Å². The van der Waals surface area contributed by atoms with Crippen LogP contribution in [0.4, 0.5) is 4.79 Å². The van der Waals surface area contributed by atoms with Gasteiger partial charge < -0.3 is 4.74 Å². The summed E-state index contributed by atoms with van der Waals surface area (Å²) in [5.41, 5.74) is 2.37. The standard InChI is InChI=1S/C19H20ClNO3S/c1-12-10-14(11-17-18(22)21-19(23)25-17)4-7-16(12)24-9-8-13-2-5-15(20)6-3-13/h2-7,12,17H,8-11H2,1H3,(H,21,22,23). The lowest BCUT2D eigenvalue weighted by atomic mass is 9.91. The van der Waals surface area contributed by atoms with Gasteiger partial charge >= 0.3 is 0 Å². The molecule has 4 nitrogen and oxygen atoms in total. The summed E-state index contributed by atoms with van der Waals surface area (Å²) < 4.78 is 5.93. The molecule has 6 heteroatoms. The number of allylic oxidation sites excluding steroid dienone is 4. The maximum absolute atomic E-state index is 11.7. The monoisotopic (exact) mass is 377 g/mol. The first-order valence-corrected chi connectivity index (χ1v) is 9.55. The van der Waals surface area contributed by atoms with Crippen LogP contribution in [0.25, 0.3) is 0 Å². The largest absolute Gasteiger partial charge is 0.497 e. The quantitative estimate of drug-likeness (QED) is 0.793. The smallest absolute Gasteiger partial charge is 0.286 e. The minimum absolute atomic E-state index is 0.183. The minimum Gasteiger partial charge on any atom is -0.497 e. The molecule has 1 heterocycles. The van der Waals surface area contributed by atoms with Crippen LogP contribution in [0.2, 0.25) is 5.02 Å². The first kappa shape index (κ1) is 18.1. The molecular formula is C19H20ClNO3S. The summed E-state index contributed by atoms with van der Waals surface area (Å²) in [6, 6.07) is 7.79. The second-order valence-corrected chi connectivity index (χ2v) is 7.92. The van der Waals surface area contributed by atoms with Crippen molar-refractivity contribution in [1.29, 1.82) is 0 Å². The van der Waals surface area contributed by atoms with Gasteiger partial charge in [-0.05, 0) is 36.6 Å². The van der Waals surface area contributed by atoms with Crippen molar-refractivity contribution in [3.63, 3.8) is 0 Å². The Kier molecular flexibility index (Phi) is 5.86. The molecule has 0 saturated carbocycles. The zero-order valence-corrected chi connectivity index (χ0v) is 15.5. The van der Waals surface area contributed by atoms with E-state index in [1.807, 2.05) is 36.4 Å². The maximum Gasteiger partial charge on any atom is 0.286 e. The lowest BCUT2D eigenvalue weighted by Gasteiger charge is -2.23. The van der Waals surface area contributed by atoms with E-state index in [9.17, 15) is 9.59 Å². The molecule has 1 aromatic carbocycles. The molecule has 1 fully saturated rings. The Morgan fingerprint density at radius 2 is 2.00 bits per heavy atom. The highest BCUT2D eigenvalue weighted by molar-refractivity contribution is 8.15. The molecule has 1 N–H and O–H groups in total. The normalized spacial score (nSPS) is 23.1. The molecule has 1 aliphatic heterocycles. The molecule has 132 valence electrons. The van der Waals surface area contributed by atoms with E-state index in [2.05, 4.69) is 12.2 Å². The highest BCUT2D eigenvalue weighted by Crippen LogP contribution is 2.32. The average molecular weight is 378 g/mol. The lowest BCUT2D eigenvalue weighted by molar-refractivity contribution is -0.118. The number of thioether (sulfide) groups is 1. The third kappa shape index (κ3) is 4.89. The van der Waals surface area contributed by atoms with Crippen molar-refractivity contribution >= 4 is 34.5 Å². The predicted octanol–water partition coefficient (Wildman–Crippen LogP) is 4.49. The van der Waals surface area contributed by atoms with Crippen molar-refractivity contribution in [2.45, 2.75) is 31.4 Å². The number of ether oxygens (including phenoxy) is 1. The summed E-state index contributed by atoms with van der Waals surface area (Å²) in [5, 5.41) is 2.52. The first-order chi connectivity index (χ1) is 12.0. The van der Waals surface area contributed by atoms with E-state index in [4.69, 9.17) is 16.3 Å². The number of amides is 2. The van der Waals surface area contributed by atoms with Gasteiger partial charge in [0.05, 0.1) is 17.6 Å². The van der Waals surface area contributed by atoms with Crippen LogP contribution >= 0.6 is 23.4 Å². The Morgan fingerprint density at radius 3 is 2.64 bits per heavy atom. The molecule has 1 saturated heterocycles. The Labute approximate surface area is 156 Å². The molecular weight excluding hydrogens is 358 g/mol. The van der Waals surface area contributed by atoms with Crippen molar-refractivity contribution in [1.82, 2.24) is 5.32 Å². The number of carbonyl (C=O) groups is 2. The van der Waals surface area contributed by atoms with Gasteiger partial charge in [-0.3, -0.25) is 14.9 Å². The second-order valence-electron chi connectivity index (χ2n) is 6.31. The fraction of sp³-hybridized carbons (Fsp3) is 0.368. The molecule has 1 aliphatic carbocycles. The van der Waals surface area contributed by atoms with E-state index < -0.39 is 0 Å². The van der Waals surface area contributed by atoms with Crippen molar-refractivity contribution in [2.75, 3.05) is 6.61 Å². The van der Waals surface area contributed by atoms with Crippen molar-refractivity contribution in [2.24, 2.45) is 5.92 Å². The molecule has 2 unspecified atom stereocenters. The van der Waals surface area contributed by atoms with Crippen molar-refractivity contribution in [3.05, 3.63) is 58.3 Å². The van der Waals surface area contributed by atoms with Gasteiger partial charge in [0.1, 0.15) is 0 Å². The van der Waals surface area contributed by atoms with Gasteiger partial charge in [0, 0.05) is 17.4 Å². The van der Waals surface area contributed by atoms with E-state index in [1.54, 1.807) is 0 Å². The van der Waals surface area contributed by atoms with Crippen LogP contribution < -0.4 is 5.32 Å². The Balaban J connectivity index is 1.51. The highest BCUT2D eigenvalue weighted by Gasteiger charge is 2.32.